The van der Waals surface area contributed by atoms with Crippen LogP contribution in [0.25, 0.3) is 0 Å². The van der Waals surface area contributed by atoms with Gasteiger partial charge in [-0.1, -0.05) is 30.3 Å². The van der Waals surface area contributed by atoms with Crippen molar-refractivity contribution in [1.29, 1.82) is 0 Å². The average Bonchev–Trinajstić information content (AvgIpc) is 3.11. The van der Waals surface area contributed by atoms with Crippen molar-refractivity contribution in [3.63, 3.8) is 0 Å². The van der Waals surface area contributed by atoms with Crippen molar-refractivity contribution in [2.75, 3.05) is 12.1 Å². The first-order chi connectivity index (χ1) is 12.6. The summed E-state index contributed by atoms with van der Waals surface area (Å²) < 4.78 is 5.75. The van der Waals surface area contributed by atoms with Gasteiger partial charge >= 0.3 is 6.03 Å². The van der Waals surface area contributed by atoms with Crippen LogP contribution in [0.2, 0.25) is 0 Å². The summed E-state index contributed by atoms with van der Waals surface area (Å²) in [5.41, 5.74) is 0.126. The van der Waals surface area contributed by atoms with E-state index in [0.717, 1.165) is 5.56 Å². The molecule has 2 atom stereocenters. The highest BCUT2D eigenvalue weighted by atomic mass is 79.9. The van der Waals surface area contributed by atoms with Crippen LogP contribution in [0.4, 0.5) is 10.5 Å². The number of nitrogens with one attached hydrogen (secondary N) is 2. The third-order valence-corrected chi connectivity index (χ3v) is 5.13. The molecule has 2 aliphatic rings. The smallest absolute Gasteiger partial charge is 0.323 e. The quantitative estimate of drug-likeness (QED) is 0.755. The monoisotopic (exact) mass is 414 g/mol. The van der Waals surface area contributed by atoms with Gasteiger partial charge in [-0.15, -0.1) is 0 Å². The zero-order valence-electron chi connectivity index (χ0n) is 13.8. The van der Waals surface area contributed by atoms with Gasteiger partial charge in [-0.25, -0.2) is 9.80 Å². The minimum atomic E-state index is -1.38. The van der Waals surface area contributed by atoms with E-state index in [4.69, 9.17) is 4.74 Å². The van der Waals surface area contributed by atoms with Crippen LogP contribution in [-0.2, 0) is 4.79 Å². The number of urea groups is 1. The summed E-state index contributed by atoms with van der Waals surface area (Å²) in [6, 6.07) is 16.0. The second-order valence-electron chi connectivity index (χ2n) is 5.95. The number of methoxy groups -OCH3 is 1. The van der Waals surface area contributed by atoms with Crippen LogP contribution in [0.1, 0.15) is 11.5 Å². The van der Waals surface area contributed by atoms with Crippen molar-refractivity contribution in [3.8, 4) is 5.75 Å². The highest BCUT2D eigenvalue weighted by Gasteiger charge is 2.62. The number of hydrogen-bond donors (Lipinski definition) is 2. The third kappa shape index (κ3) is 2.37. The third-order valence-electron chi connectivity index (χ3n) is 4.51. The van der Waals surface area contributed by atoms with Crippen LogP contribution in [0.5, 0.6) is 5.75 Å². The Balaban J connectivity index is 1.86. The number of anilines is 1. The lowest BCUT2D eigenvalue weighted by Gasteiger charge is -2.35. The van der Waals surface area contributed by atoms with E-state index in [-0.39, 0.29) is 0 Å². The van der Waals surface area contributed by atoms with Gasteiger partial charge in [0.1, 0.15) is 10.4 Å². The largest absolute Gasteiger partial charge is 0.497 e. The maximum absolute atomic E-state index is 12.9. The summed E-state index contributed by atoms with van der Waals surface area (Å²) in [4.78, 5) is 24.9. The van der Waals surface area contributed by atoms with E-state index >= 15 is 0 Å². The molecule has 132 valence electrons. The van der Waals surface area contributed by atoms with Gasteiger partial charge in [-0.3, -0.25) is 10.1 Å². The molecule has 0 saturated carbocycles. The van der Waals surface area contributed by atoms with Crippen LogP contribution in [0.3, 0.4) is 0 Å². The maximum atomic E-state index is 12.9. The summed E-state index contributed by atoms with van der Waals surface area (Å²) in [6.07, 6.45) is 0. The number of carbonyl (C=O) groups excluding carboxylic acids is 2. The Kier molecular flexibility index (Phi) is 3.91. The molecule has 2 aromatic carbocycles. The van der Waals surface area contributed by atoms with E-state index in [0.29, 0.717) is 16.1 Å². The van der Waals surface area contributed by atoms with E-state index in [1.807, 2.05) is 54.6 Å². The highest BCUT2D eigenvalue weighted by molar-refractivity contribution is 9.18. The molecule has 1 fully saturated rings. The predicted molar refractivity (Wildman–Crippen MR) is 100 cm³/mol. The topological polar surface area (TPSA) is 83.0 Å². The number of carbonyl (C=O) groups is 2. The molecule has 8 heteroatoms. The summed E-state index contributed by atoms with van der Waals surface area (Å²) >= 11 is 3.49. The summed E-state index contributed by atoms with van der Waals surface area (Å²) in [5.74, 6) is -0.265. The van der Waals surface area contributed by atoms with Crippen molar-refractivity contribution in [1.82, 2.24) is 10.6 Å². The standard InChI is InChI=1S/C18H15BrN4O3/c1-26-13-9-7-11(8-10-13)14-15(19)22-23(12-5-3-2-4-6-12)18(14)16(24)20-17(25)21-18/h2-10,14H,1H3,(H2,20,21,24,25)/t14-,18-/m0/s1. The molecule has 7 nitrogen and oxygen atoms in total. The molecule has 0 radical (unpaired) electrons. The molecule has 4 rings (SSSR count). The minimum absolute atomic E-state index is 0.453. The first kappa shape index (κ1) is 16.6. The Labute approximate surface area is 158 Å². The van der Waals surface area contributed by atoms with E-state index in [2.05, 4.69) is 31.7 Å². The second kappa shape index (κ2) is 6.14. The zero-order chi connectivity index (χ0) is 18.3. The number of nitrogens with zero attached hydrogens (tertiary/aromatic N) is 2. The Hall–Kier alpha value is -2.87. The summed E-state index contributed by atoms with van der Waals surface area (Å²) in [7, 11) is 1.59. The van der Waals surface area contributed by atoms with Gasteiger partial charge in [0, 0.05) is 0 Å². The first-order valence-electron chi connectivity index (χ1n) is 7.93. The lowest BCUT2D eigenvalue weighted by molar-refractivity contribution is -0.124. The van der Waals surface area contributed by atoms with Gasteiger partial charge in [0.2, 0.25) is 5.66 Å². The number of benzene rings is 2. The molecule has 1 saturated heterocycles. The zero-order valence-corrected chi connectivity index (χ0v) is 15.4. The Morgan fingerprint density at radius 3 is 2.38 bits per heavy atom. The average molecular weight is 415 g/mol. The number of imide groups is 1. The number of hydrazone groups is 1. The molecular formula is C18H15BrN4O3. The molecule has 0 unspecified atom stereocenters. The Morgan fingerprint density at radius 2 is 1.81 bits per heavy atom. The van der Waals surface area contributed by atoms with Crippen molar-refractivity contribution in [3.05, 3.63) is 60.2 Å². The van der Waals surface area contributed by atoms with Gasteiger partial charge < -0.3 is 10.1 Å². The highest BCUT2D eigenvalue weighted by Crippen LogP contribution is 2.44. The molecule has 3 amide bonds. The normalized spacial score (nSPS) is 24.5. The van der Waals surface area contributed by atoms with E-state index in [9.17, 15) is 9.59 Å². The van der Waals surface area contributed by atoms with Gasteiger partial charge in [-0.2, -0.15) is 5.10 Å². The number of amides is 3. The summed E-state index contributed by atoms with van der Waals surface area (Å²) in [5, 5.41) is 11.2. The molecule has 2 heterocycles. The van der Waals surface area contributed by atoms with Crippen molar-refractivity contribution in [2.45, 2.75) is 11.6 Å². The molecule has 0 aliphatic carbocycles. The lowest BCUT2D eigenvalue weighted by atomic mass is 9.86. The predicted octanol–water partition coefficient (Wildman–Crippen LogP) is 2.54. The molecular weight excluding hydrogens is 400 g/mol. The first-order valence-corrected chi connectivity index (χ1v) is 8.72. The molecule has 0 bridgehead atoms. The van der Waals surface area contributed by atoms with E-state index < -0.39 is 23.5 Å². The molecule has 2 aromatic rings. The summed E-state index contributed by atoms with van der Waals surface area (Å²) in [6.45, 7) is 0. The lowest BCUT2D eigenvalue weighted by Crippen LogP contribution is -2.60. The fourth-order valence-electron chi connectivity index (χ4n) is 3.34. The molecule has 0 aromatic heterocycles. The van der Waals surface area contributed by atoms with E-state index in [1.54, 1.807) is 12.1 Å². The number of rotatable bonds is 3. The fourth-order valence-corrected chi connectivity index (χ4v) is 4.10. The SMILES string of the molecule is COc1ccc([C@H]2C(Br)=NN(c3ccccc3)[C@@]23NC(=O)NC3=O)cc1. The number of para-hydroxylation sites is 1. The number of halogens is 1. The van der Waals surface area contributed by atoms with Crippen LogP contribution >= 0.6 is 15.9 Å². The Bertz CT molecular complexity index is 900. The van der Waals surface area contributed by atoms with Crippen molar-refractivity contribution < 1.29 is 14.3 Å². The molecule has 2 N–H and O–H groups in total. The molecule has 26 heavy (non-hydrogen) atoms. The van der Waals surface area contributed by atoms with Crippen LogP contribution in [0, 0.1) is 0 Å². The van der Waals surface area contributed by atoms with Gasteiger partial charge in [-0.05, 0) is 45.8 Å². The van der Waals surface area contributed by atoms with Crippen molar-refractivity contribution in [2.24, 2.45) is 5.10 Å². The van der Waals surface area contributed by atoms with Gasteiger partial charge in [0.05, 0.1) is 18.7 Å². The molecule has 1 spiro atoms. The van der Waals surface area contributed by atoms with Crippen LogP contribution in [-0.4, -0.2) is 29.3 Å². The van der Waals surface area contributed by atoms with Crippen LogP contribution < -0.4 is 20.4 Å². The number of ether oxygens (including phenoxy) is 1. The van der Waals surface area contributed by atoms with E-state index in [1.165, 1.54) is 0 Å². The second-order valence-corrected chi connectivity index (χ2v) is 6.76. The fraction of sp³-hybridized carbons (Fsp3) is 0.167. The minimum Gasteiger partial charge on any atom is -0.497 e. The van der Waals surface area contributed by atoms with Gasteiger partial charge in [0.15, 0.2) is 0 Å². The Morgan fingerprint density at radius 1 is 1.12 bits per heavy atom. The number of hydrogen-bond acceptors (Lipinski definition) is 5. The maximum Gasteiger partial charge on any atom is 0.323 e. The molecule has 2 aliphatic heterocycles. The van der Waals surface area contributed by atoms with Crippen LogP contribution in [0.15, 0.2) is 59.7 Å². The van der Waals surface area contributed by atoms with Crippen molar-refractivity contribution >= 4 is 38.2 Å². The van der Waals surface area contributed by atoms with Gasteiger partial charge in [0.25, 0.3) is 5.91 Å².